The second kappa shape index (κ2) is 5.10. The summed E-state index contributed by atoms with van der Waals surface area (Å²) in [5.41, 5.74) is 3.30. The minimum atomic E-state index is 0.242. The van der Waals surface area contributed by atoms with Crippen LogP contribution in [0, 0.1) is 6.92 Å². The van der Waals surface area contributed by atoms with Crippen LogP contribution in [0.4, 0.5) is 0 Å². The summed E-state index contributed by atoms with van der Waals surface area (Å²) >= 11 is 0. The molecule has 1 N–H and O–H groups in total. The predicted molar refractivity (Wildman–Crippen MR) is 67.4 cm³/mol. The molecule has 4 nitrogen and oxygen atoms in total. The number of hydrogen-bond donors (Lipinski definition) is 1. The smallest absolute Gasteiger partial charge is 0.0597 e. The maximum atomic E-state index is 4.33. The van der Waals surface area contributed by atoms with Crippen molar-refractivity contribution in [1.82, 2.24) is 20.1 Å². The molecule has 0 aliphatic carbocycles. The van der Waals surface area contributed by atoms with Crippen LogP contribution in [0.1, 0.15) is 30.0 Å². The minimum Gasteiger partial charge on any atom is -0.303 e. The number of aromatic nitrogens is 3. The van der Waals surface area contributed by atoms with Gasteiger partial charge in [-0.3, -0.25) is 9.67 Å². The zero-order valence-corrected chi connectivity index (χ0v) is 10.5. The summed E-state index contributed by atoms with van der Waals surface area (Å²) in [4.78, 5) is 4.33. The Morgan fingerprint density at radius 1 is 1.41 bits per heavy atom. The fraction of sp³-hybridized carbons (Fsp3) is 0.385. The molecule has 0 bridgehead atoms. The van der Waals surface area contributed by atoms with Crippen LogP contribution in [0.5, 0.6) is 0 Å². The van der Waals surface area contributed by atoms with Crippen molar-refractivity contribution in [3.63, 3.8) is 0 Å². The minimum absolute atomic E-state index is 0.242. The van der Waals surface area contributed by atoms with Crippen LogP contribution < -0.4 is 5.32 Å². The maximum Gasteiger partial charge on any atom is 0.0597 e. The lowest BCUT2D eigenvalue weighted by atomic mass is 10.2. The first-order valence-corrected chi connectivity index (χ1v) is 5.80. The molecule has 0 fully saturated rings. The van der Waals surface area contributed by atoms with Crippen LogP contribution in [0.15, 0.2) is 30.5 Å². The third-order valence-corrected chi connectivity index (χ3v) is 2.82. The van der Waals surface area contributed by atoms with Crippen LogP contribution in [0.25, 0.3) is 0 Å². The largest absolute Gasteiger partial charge is 0.303 e. The first kappa shape index (κ1) is 11.8. The summed E-state index contributed by atoms with van der Waals surface area (Å²) < 4.78 is 1.91. The van der Waals surface area contributed by atoms with Crippen LogP contribution in [0.2, 0.25) is 0 Å². The zero-order chi connectivity index (χ0) is 12.3. The Kier molecular flexibility index (Phi) is 3.54. The van der Waals surface area contributed by atoms with E-state index in [-0.39, 0.29) is 6.04 Å². The Balaban J connectivity index is 1.97. The summed E-state index contributed by atoms with van der Waals surface area (Å²) in [5, 5.41) is 7.77. The Hall–Kier alpha value is -1.68. The maximum absolute atomic E-state index is 4.33. The molecule has 2 rings (SSSR count). The third-order valence-electron chi connectivity index (χ3n) is 2.82. The fourth-order valence-electron chi connectivity index (χ4n) is 1.82. The normalized spacial score (nSPS) is 12.6. The molecule has 2 aromatic rings. The van der Waals surface area contributed by atoms with E-state index >= 15 is 0 Å². The fourth-order valence-corrected chi connectivity index (χ4v) is 1.82. The number of nitrogens with zero attached hydrogens (tertiary/aromatic N) is 3. The van der Waals surface area contributed by atoms with Gasteiger partial charge in [0.25, 0.3) is 0 Å². The van der Waals surface area contributed by atoms with Crippen molar-refractivity contribution >= 4 is 0 Å². The Bertz CT molecular complexity index is 475. The summed E-state index contributed by atoms with van der Waals surface area (Å²) in [6, 6.07) is 8.31. The molecule has 4 heteroatoms. The summed E-state index contributed by atoms with van der Waals surface area (Å²) in [6.45, 7) is 4.92. The Labute approximate surface area is 102 Å². The van der Waals surface area contributed by atoms with Gasteiger partial charge in [-0.15, -0.1) is 0 Å². The van der Waals surface area contributed by atoms with Crippen LogP contribution in [-0.4, -0.2) is 14.8 Å². The molecule has 17 heavy (non-hydrogen) atoms. The lowest BCUT2D eigenvalue weighted by Crippen LogP contribution is -2.20. The van der Waals surface area contributed by atoms with Crippen molar-refractivity contribution in [2.75, 3.05) is 0 Å². The van der Waals surface area contributed by atoms with E-state index in [4.69, 9.17) is 0 Å². The molecule has 0 spiro atoms. The first-order valence-electron chi connectivity index (χ1n) is 5.80. The van der Waals surface area contributed by atoms with Gasteiger partial charge >= 0.3 is 0 Å². The highest BCUT2D eigenvalue weighted by Gasteiger charge is 2.07. The number of pyridine rings is 1. The molecule has 0 saturated carbocycles. The highest BCUT2D eigenvalue weighted by molar-refractivity contribution is 5.10. The van der Waals surface area contributed by atoms with Gasteiger partial charge in [0.2, 0.25) is 0 Å². The van der Waals surface area contributed by atoms with Crippen LogP contribution >= 0.6 is 0 Å². The van der Waals surface area contributed by atoms with Gasteiger partial charge in [0, 0.05) is 25.8 Å². The molecule has 0 aliphatic heterocycles. The Morgan fingerprint density at radius 2 is 2.24 bits per heavy atom. The first-order chi connectivity index (χ1) is 8.16. The molecule has 0 amide bonds. The topological polar surface area (TPSA) is 42.7 Å². The van der Waals surface area contributed by atoms with Gasteiger partial charge in [-0.25, -0.2) is 0 Å². The standard InChI is InChI=1S/C13H18N4/c1-10-8-12(17(3)16-10)9-15-11(2)13-6-4-5-7-14-13/h4-8,11,15H,9H2,1-3H3/t11-/m0/s1. The van der Waals surface area contributed by atoms with Crippen molar-refractivity contribution in [2.24, 2.45) is 7.05 Å². The second-order valence-electron chi connectivity index (χ2n) is 4.26. The van der Waals surface area contributed by atoms with Gasteiger partial charge in [-0.05, 0) is 32.0 Å². The molecule has 2 aromatic heterocycles. The van der Waals surface area contributed by atoms with Gasteiger partial charge < -0.3 is 5.32 Å². The van der Waals surface area contributed by atoms with E-state index in [0.29, 0.717) is 0 Å². The average Bonchev–Trinajstić information content (AvgIpc) is 2.66. The molecule has 0 unspecified atom stereocenters. The third kappa shape index (κ3) is 2.91. The SMILES string of the molecule is Cc1cc(CN[C@@H](C)c2ccccn2)n(C)n1. The highest BCUT2D eigenvalue weighted by Crippen LogP contribution is 2.09. The van der Waals surface area contributed by atoms with Gasteiger partial charge in [-0.2, -0.15) is 5.10 Å². The van der Waals surface area contributed by atoms with Crippen molar-refractivity contribution in [2.45, 2.75) is 26.4 Å². The van der Waals surface area contributed by atoms with Crippen molar-refractivity contribution < 1.29 is 0 Å². The number of rotatable bonds is 4. The van der Waals surface area contributed by atoms with Crippen molar-refractivity contribution in [1.29, 1.82) is 0 Å². The van der Waals surface area contributed by atoms with E-state index in [1.807, 2.05) is 43.0 Å². The lowest BCUT2D eigenvalue weighted by molar-refractivity contribution is 0.538. The highest BCUT2D eigenvalue weighted by atomic mass is 15.3. The molecule has 0 aliphatic rings. The van der Waals surface area contributed by atoms with Gasteiger partial charge in [0.15, 0.2) is 0 Å². The summed E-state index contributed by atoms with van der Waals surface area (Å²) in [7, 11) is 1.97. The van der Waals surface area contributed by atoms with E-state index in [0.717, 1.165) is 17.9 Å². The van der Waals surface area contributed by atoms with E-state index in [9.17, 15) is 0 Å². The molecule has 0 radical (unpaired) electrons. The predicted octanol–water partition coefficient (Wildman–Crippen LogP) is 1.97. The molecule has 0 aromatic carbocycles. The van der Waals surface area contributed by atoms with E-state index in [2.05, 4.69) is 28.4 Å². The van der Waals surface area contributed by atoms with Crippen molar-refractivity contribution in [3.8, 4) is 0 Å². The molecule has 1 atom stereocenters. The summed E-state index contributed by atoms with van der Waals surface area (Å²) in [5.74, 6) is 0. The van der Waals surface area contributed by atoms with E-state index in [1.165, 1.54) is 5.69 Å². The number of nitrogens with one attached hydrogen (secondary N) is 1. The molecular formula is C13H18N4. The van der Waals surface area contributed by atoms with Crippen LogP contribution in [0.3, 0.4) is 0 Å². The van der Waals surface area contributed by atoms with Gasteiger partial charge in [-0.1, -0.05) is 6.07 Å². The Morgan fingerprint density at radius 3 is 2.82 bits per heavy atom. The average molecular weight is 230 g/mol. The van der Waals surface area contributed by atoms with E-state index < -0.39 is 0 Å². The second-order valence-corrected chi connectivity index (χ2v) is 4.26. The number of aryl methyl sites for hydroxylation is 2. The molecular weight excluding hydrogens is 212 g/mol. The molecule has 2 heterocycles. The van der Waals surface area contributed by atoms with Crippen molar-refractivity contribution in [3.05, 3.63) is 47.5 Å². The van der Waals surface area contributed by atoms with E-state index in [1.54, 1.807) is 0 Å². The van der Waals surface area contributed by atoms with Gasteiger partial charge in [0.1, 0.15) is 0 Å². The summed E-state index contributed by atoms with van der Waals surface area (Å²) in [6.07, 6.45) is 1.82. The quantitative estimate of drug-likeness (QED) is 0.873. The zero-order valence-electron chi connectivity index (χ0n) is 10.5. The van der Waals surface area contributed by atoms with Gasteiger partial charge in [0.05, 0.1) is 17.1 Å². The molecule has 0 saturated heterocycles. The lowest BCUT2D eigenvalue weighted by Gasteiger charge is -2.12. The monoisotopic (exact) mass is 230 g/mol. The van der Waals surface area contributed by atoms with Crippen LogP contribution in [-0.2, 0) is 13.6 Å². The molecule has 90 valence electrons. The number of hydrogen-bond acceptors (Lipinski definition) is 3.